The van der Waals surface area contributed by atoms with Crippen molar-refractivity contribution in [2.75, 3.05) is 0 Å². The summed E-state index contributed by atoms with van der Waals surface area (Å²) in [6, 6.07) is 5.26. The molecule has 0 saturated carbocycles. The van der Waals surface area contributed by atoms with Crippen LogP contribution in [0, 0.1) is 5.82 Å². The summed E-state index contributed by atoms with van der Waals surface area (Å²) in [5.41, 5.74) is 6.55. The fourth-order valence-electron chi connectivity index (χ4n) is 1.87. The molecule has 20 heavy (non-hydrogen) atoms. The van der Waals surface area contributed by atoms with Gasteiger partial charge in [0.15, 0.2) is 5.16 Å². The van der Waals surface area contributed by atoms with Crippen LogP contribution in [0.2, 0.25) is 0 Å². The van der Waals surface area contributed by atoms with Gasteiger partial charge in [-0.2, -0.15) is 0 Å². The van der Waals surface area contributed by atoms with Gasteiger partial charge in [0.2, 0.25) is 0 Å². The molecule has 0 fully saturated rings. The molecule has 0 saturated heterocycles. The van der Waals surface area contributed by atoms with E-state index in [-0.39, 0.29) is 11.9 Å². The summed E-state index contributed by atoms with van der Waals surface area (Å²) in [5, 5.41) is 9.05. The lowest BCUT2D eigenvalue weighted by molar-refractivity contribution is 0.526. The van der Waals surface area contributed by atoms with Crippen molar-refractivity contribution in [3.05, 3.63) is 39.9 Å². The summed E-state index contributed by atoms with van der Waals surface area (Å²) in [6.45, 7) is 4.48. The highest BCUT2D eigenvalue weighted by Crippen LogP contribution is 2.29. The van der Waals surface area contributed by atoms with Crippen LogP contribution in [0.4, 0.5) is 4.39 Å². The van der Waals surface area contributed by atoms with Crippen molar-refractivity contribution in [1.82, 2.24) is 14.8 Å². The maximum Gasteiger partial charge on any atom is 0.191 e. The average molecular weight is 359 g/mol. The number of hydrogen-bond donors (Lipinski definition) is 1. The maximum absolute atomic E-state index is 13.5. The largest absolute Gasteiger partial charge is 0.324 e. The molecule has 2 aromatic rings. The van der Waals surface area contributed by atoms with Crippen molar-refractivity contribution in [2.45, 2.75) is 37.3 Å². The topological polar surface area (TPSA) is 56.7 Å². The Labute approximate surface area is 130 Å². The van der Waals surface area contributed by atoms with Gasteiger partial charge in [0, 0.05) is 11.8 Å². The number of aromatic nitrogens is 3. The van der Waals surface area contributed by atoms with Crippen molar-refractivity contribution in [3.8, 4) is 0 Å². The molecular formula is C13H16BrFN4S. The molecule has 0 aliphatic carbocycles. The maximum atomic E-state index is 13.5. The molecule has 0 bridgehead atoms. The van der Waals surface area contributed by atoms with Crippen LogP contribution in [-0.2, 0) is 12.3 Å². The molecule has 1 heterocycles. The van der Waals surface area contributed by atoms with E-state index in [2.05, 4.69) is 40.0 Å². The smallest absolute Gasteiger partial charge is 0.191 e. The Bertz CT molecular complexity index is 600. The standard InChI is InChI=1S/C13H16BrFN4S/c1-8(2)19-11(6-16)17-18-13(19)20-7-9-4-3-5-10(15)12(9)14/h3-5,8H,6-7,16H2,1-2H3. The summed E-state index contributed by atoms with van der Waals surface area (Å²) in [4.78, 5) is 0. The van der Waals surface area contributed by atoms with Crippen LogP contribution < -0.4 is 5.73 Å². The predicted octanol–water partition coefficient (Wildman–Crippen LogP) is 3.51. The summed E-state index contributed by atoms with van der Waals surface area (Å²) in [7, 11) is 0. The summed E-state index contributed by atoms with van der Waals surface area (Å²) in [5.74, 6) is 1.13. The zero-order valence-corrected chi connectivity index (χ0v) is 13.7. The van der Waals surface area contributed by atoms with Crippen LogP contribution >= 0.6 is 27.7 Å². The van der Waals surface area contributed by atoms with Gasteiger partial charge in [0.1, 0.15) is 11.6 Å². The molecule has 0 unspecified atom stereocenters. The number of nitrogens with two attached hydrogens (primary N) is 1. The van der Waals surface area contributed by atoms with Crippen LogP contribution in [0.15, 0.2) is 27.8 Å². The van der Waals surface area contributed by atoms with E-state index in [0.29, 0.717) is 16.8 Å². The van der Waals surface area contributed by atoms with Gasteiger partial charge in [-0.25, -0.2) is 4.39 Å². The molecule has 1 aromatic carbocycles. The molecule has 1 aromatic heterocycles. The summed E-state index contributed by atoms with van der Waals surface area (Å²) < 4.78 is 16.0. The second-order valence-corrected chi connectivity index (χ2v) is 6.30. The Morgan fingerprint density at radius 2 is 2.15 bits per heavy atom. The lowest BCUT2D eigenvalue weighted by Crippen LogP contribution is -2.11. The van der Waals surface area contributed by atoms with Crippen LogP contribution in [0.25, 0.3) is 0 Å². The molecule has 0 amide bonds. The van der Waals surface area contributed by atoms with Gasteiger partial charge in [0.25, 0.3) is 0 Å². The van der Waals surface area contributed by atoms with Crippen molar-refractivity contribution in [1.29, 1.82) is 0 Å². The zero-order valence-electron chi connectivity index (χ0n) is 11.3. The van der Waals surface area contributed by atoms with Crippen molar-refractivity contribution in [2.24, 2.45) is 5.73 Å². The minimum atomic E-state index is -0.254. The SMILES string of the molecule is CC(C)n1c(CN)nnc1SCc1cccc(F)c1Br. The zero-order chi connectivity index (χ0) is 14.7. The van der Waals surface area contributed by atoms with Crippen molar-refractivity contribution in [3.63, 3.8) is 0 Å². The van der Waals surface area contributed by atoms with Gasteiger partial charge >= 0.3 is 0 Å². The molecular weight excluding hydrogens is 343 g/mol. The third-order valence-electron chi connectivity index (χ3n) is 2.82. The molecule has 4 nitrogen and oxygen atoms in total. The first kappa shape index (κ1) is 15.5. The van der Waals surface area contributed by atoms with Crippen LogP contribution in [0.1, 0.15) is 31.3 Å². The minimum Gasteiger partial charge on any atom is -0.324 e. The number of nitrogens with zero attached hydrogens (tertiary/aromatic N) is 3. The highest BCUT2D eigenvalue weighted by atomic mass is 79.9. The van der Waals surface area contributed by atoms with Crippen molar-refractivity contribution < 1.29 is 4.39 Å². The third-order valence-corrected chi connectivity index (χ3v) is 4.70. The van der Waals surface area contributed by atoms with Crippen molar-refractivity contribution >= 4 is 27.7 Å². The molecule has 0 atom stereocenters. The van der Waals surface area contributed by atoms with E-state index < -0.39 is 0 Å². The fourth-order valence-corrected chi connectivity index (χ4v) is 3.54. The second kappa shape index (κ2) is 6.69. The second-order valence-electron chi connectivity index (χ2n) is 4.57. The number of hydrogen-bond acceptors (Lipinski definition) is 4. The van der Waals surface area contributed by atoms with Gasteiger partial charge in [-0.1, -0.05) is 23.9 Å². The van der Waals surface area contributed by atoms with Gasteiger partial charge in [0.05, 0.1) is 11.0 Å². The van der Waals surface area contributed by atoms with E-state index >= 15 is 0 Å². The Hall–Kier alpha value is -0.920. The molecule has 2 rings (SSSR count). The first-order valence-corrected chi connectivity index (χ1v) is 8.02. The van der Waals surface area contributed by atoms with Crippen LogP contribution in [-0.4, -0.2) is 14.8 Å². The monoisotopic (exact) mass is 358 g/mol. The highest BCUT2D eigenvalue weighted by Gasteiger charge is 2.15. The quantitative estimate of drug-likeness (QED) is 0.830. The van der Waals surface area contributed by atoms with Crippen LogP contribution in [0.3, 0.4) is 0 Å². The Morgan fingerprint density at radius 1 is 1.40 bits per heavy atom. The normalized spacial score (nSPS) is 11.3. The molecule has 0 radical (unpaired) electrons. The predicted molar refractivity (Wildman–Crippen MR) is 82.0 cm³/mol. The number of thioether (sulfide) groups is 1. The first-order valence-electron chi connectivity index (χ1n) is 6.24. The molecule has 0 aliphatic rings. The van der Waals surface area contributed by atoms with Gasteiger partial charge in [-0.15, -0.1) is 10.2 Å². The van der Waals surface area contributed by atoms with E-state index in [1.54, 1.807) is 6.07 Å². The summed E-state index contributed by atoms with van der Waals surface area (Å²) >= 11 is 4.79. The molecule has 0 spiro atoms. The molecule has 0 aliphatic heterocycles. The minimum absolute atomic E-state index is 0.238. The molecule has 2 N–H and O–H groups in total. The number of rotatable bonds is 5. The first-order chi connectivity index (χ1) is 9.54. The number of halogens is 2. The van der Waals surface area contributed by atoms with Gasteiger partial charge in [-0.3, -0.25) is 0 Å². The lowest BCUT2D eigenvalue weighted by Gasteiger charge is -2.13. The van der Waals surface area contributed by atoms with E-state index in [9.17, 15) is 4.39 Å². The lowest BCUT2D eigenvalue weighted by atomic mass is 10.2. The van der Waals surface area contributed by atoms with E-state index in [0.717, 1.165) is 16.5 Å². The van der Waals surface area contributed by atoms with E-state index in [1.165, 1.54) is 17.8 Å². The Balaban J connectivity index is 2.19. The summed E-state index contributed by atoms with van der Waals surface area (Å²) in [6.07, 6.45) is 0. The molecule has 108 valence electrons. The van der Waals surface area contributed by atoms with Gasteiger partial charge in [-0.05, 0) is 41.4 Å². The van der Waals surface area contributed by atoms with Gasteiger partial charge < -0.3 is 10.3 Å². The van der Waals surface area contributed by atoms with E-state index in [1.807, 2.05) is 10.6 Å². The third kappa shape index (κ3) is 3.21. The molecule has 7 heteroatoms. The fraction of sp³-hybridized carbons (Fsp3) is 0.385. The highest BCUT2D eigenvalue weighted by molar-refractivity contribution is 9.10. The number of benzene rings is 1. The van der Waals surface area contributed by atoms with E-state index in [4.69, 9.17) is 5.73 Å². The Morgan fingerprint density at radius 3 is 2.80 bits per heavy atom. The van der Waals surface area contributed by atoms with Crippen LogP contribution in [0.5, 0.6) is 0 Å². The Kier molecular flexibility index (Phi) is 5.17. The average Bonchev–Trinajstić information content (AvgIpc) is 2.83.